The minimum Gasteiger partial charge on any atom is -0.369 e. The molecule has 7 nitrogen and oxygen atoms in total. The molecule has 0 bridgehead atoms. The number of anilines is 1. The highest BCUT2D eigenvalue weighted by Crippen LogP contribution is 2.25. The minimum absolute atomic E-state index is 0.758. The number of nitrogens with zero attached hydrogens (tertiary/aromatic N) is 5. The van der Waals surface area contributed by atoms with Gasteiger partial charge in [0.05, 0.1) is 17.4 Å². The van der Waals surface area contributed by atoms with E-state index in [4.69, 9.17) is 0 Å². The summed E-state index contributed by atoms with van der Waals surface area (Å²) in [5, 5.41) is 20.5. The van der Waals surface area contributed by atoms with Crippen LogP contribution < -0.4 is 10.2 Å². The standard InChI is InChI=1S/C19H19N7/c1-2-4-17-16(3-1)19(23-21-17)18-13-26(24-22-18)15-7-5-14(6-8-15)25-11-9-20-10-12-25/h1-8,13,20H,9-12H2,(H,21,23). The normalized spacial score (nSPS) is 14.8. The molecule has 2 aromatic heterocycles. The van der Waals surface area contributed by atoms with Gasteiger partial charge in [0, 0.05) is 37.3 Å². The molecule has 130 valence electrons. The van der Waals surface area contributed by atoms with Crippen LogP contribution in [0.5, 0.6) is 0 Å². The third-order valence-electron chi connectivity index (χ3n) is 4.80. The van der Waals surface area contributed by atoms with Crippen LogP contribution in [0, 0.1) is 0 Å². The minimum atomic E-state index is 0.758. The average Bonchev–Trinajstić information content (AvgIpc) is 3.36. The monoisotopic (exact) mass is 345 g/mol. The molecule has 0 amide bonds. The zero-order valence-corrected chi connectivity index (χ0v) is 14.3. The molecule has 7 heteroatoms. The average molecular weight is 345 g/mol. The molecule has 0 aliphatic carbocycles. The van der Waals surface area contributed by atoms with Gasteiger partial charge in [-0.2, -0.15) is 5.10 Å². The summed E-state index contributed by atoms with van der Waals surface area (Å²) in [6.45, 7) is 4.15. The zero-order chi connectivity index (χ0) is 17.3. The summed E-state index contributed by atoms with van der Waals surface area (Å²) < 4.78 is 1.79. The van der Waals surface area contributed by atoms with E-state index in [1.807, 2.05) is 30.5 Å². The van der Waals surface area contributed by atoms with Crippen LogP contribution in [-0.2, 0) is 0 Å². The molecule has 1 aliphatic heterocycles. The van der Waals surface area contributed by atoms with Crippen molar-refractivity contribution in [3.8, 4) is 17.1 Å². The van der Waals surface area contributed by atoms with E-state index in [0.717, 1.165) is 54.2 Å². The van der Waals surface area contributed by atoms with Gasteiger partial charge in [-0.25, -0.2) is 4.68 Å². The molecule has 0 atom stereocenters. The maximum atomic E-state index is 4.39. The SMILES string of the molecule is c1ccc2c(-c3cn(-c4ccc(N5CCNCC5)cc4)nn3)n[nH]c2c1. The molecular formula is C19H19N7. The number of hydrogen-bond acceptors (Lipinski definition) is 5. The van der Waals surface area contributed by atoms with Crippen LogP contribution in [0.4, 0.5) is 5.69 Å². The van der Waals surface area contributed by atoms with Crippen molar-refractivity contribution in [2.24, 2.45) is 0 Å². The molecule has 3 heterocycles. The molecule has 5 rings (SSSR count). The Balaban J connectivity index is 1.43. The topological polar surface area (TPSA) is 74.7 Å². The van der Waals surface area contributed by atoms with Gasteiger partial charge in [0.2, 0.25) is 0 Å². The predicted octanol–water partition coefficient (Wildman–Crippen LogP) is 2.22. The number of aromatic nitrogens is 5. The largest absolute Gasteiger partial charge is 0.369 e. The summed E-state index contributed by atoms with van der Waals surface area (Å²) in [7, 11) is 0. The Morgan fingerprint density at radius 3 is 2.50 bits per heavy atom. The van der Waals surface area contributed by atoms with Crippen molar-refractivity contribution >= 4 is 16.6 Å². The molecule has 0 spiro atoms. The highest BCUT2D eigenvalue weighted by atomic mass is 15.4. The van der Waals surface area contributed by atoms with E-state index in [1.54, 1.807) is 4.68 Å². The van der Waals surface area contributed by atoms with Crippen molar-refractivity contribution in [2.75, 3.05) is 31.1 Å². The second kappa shape index (κ2) is 6.27. The summed E-state index contributed by atoms with van der Waals surface area (Å²) in [5.41, 5.74) is 4.81. The summed E-state index contributed by atoms with van der Waals surface area (Å²) in [4.78, 5) is 2.39. The Hall–Kier alpha value is -3.19. The molecule has 4 aromatic rings. The highest BCUT2D eigenvalue weighted by Gasteiger charge is 2.13. The molecule has 0 saturated carbocycles. The lowest BCUT2D eigenvalue weighted by Crippen LogP contribution is -2.43. The summed E-state index contributed by atoms with van der Waals surface area (Å²) >= 11 is 0. The van der Waals surface area contributed by atoms with Gasteiger partial charge >= 0.3 is 0 Å². The molecule has 0 unspecified atom stereocenters. The fraction of sp³-hybridized carbons (Fsp3) is 0.211. The molecule has 1 saturated heterocycles. The Labute approximate surface area is 150 Å². The predicted molar refractivity (Wildman–Crippen MR) is 102 cm³/mol. The number of piperazine rings is 1. The molecule has 1 fully saturated rings. The van der Waals surface area contributed by atoms with Crippen molar-refractivity contribution < 1.29 is 0 Å². The lowest BCUT2D eigenvalue weighted by atomic mass is 10.2. The van der Waals surface area contributed by atoms with E-state index >= 15 is 0 Å². The second-order valence-electron chi connectivity index (χ2n) is 6.42. The van der Waals surface area contributed by atoms with E-state index in [-0.39, 0.29) is 0 Å². The lowest BCUT2D eigenvalue weighted by molar-refractivity contribution is 0.589. The highest BCUT2D eigenvalue weighted by molar-refractivity contribution is 5.91. The first kappa shape index (κ1) is 15.1. The first-order valence-corrected chi connectivity index (χ1v) is 8.80. The third-order valence-corrected chi connectivity index (χ3v) is 4.80. The van der Waals surface area contributed by atoms with E-state index in [0.29, 0.717) is 0 Å². The van der Waals surface area contributed by atoms with Crippen molar-refractivity contribution in [2.45, 2.75) is 0 Å². The van der Waals surface area contributed by atoms with Crippen LogP contribution in [0.25, 0.3) is 28.0 Å². The van der Waals surface area contributed by atoms with Gasteiger partial charge < -0.3 is 10.2 Å². The van der Waals surface area contributed by atoms with Gasteiger partial charge in [-0.05, 0) is 30.3 Å². The number of nitrogens with one attached hydrogen (secondary N) is 2. The van der Waals surface area contributed by atoms with Crippen LogP contribution in [0.3, 0.4) is 0 Å². The lowest BCUT2D eigenvalue weighted by Gasteiger charge is -2.29. The number of hydrogen-bond donors (Lipinski definition) is 2. The number of rotatable bonds is 3. The van der Waals surface area contributed by atoms with E-state index in [2.05, 4.69) is 55.0 Å². The summed E-state index contributed by atoms with van der Waals surface area (Å²) in [6, 6.07) is 16.5. The van der Waals surface area contributed by atoms with E-state index in [9.17, 15) is 0 Å². The van der Waals surface area contributed by atoms with Gasteiger partial charge in [0.1, 0.15) is 11.4 Å². The number of para-hydroxylation sites is 1. The Bertz CT molecular complexity index is 1030. The molecule has 2 aromatic carbocycles. The molecule has 1 aliphatic rings. The Morgan fingerprint density at radius 1 is 0.885 bits per heavy atom. The van der Waals surface area contributed by atoms with Crippen LogP contribution in [-0.4, -0.2) is 51.4 Å². The van der Waals surface area contributed by atoms with Crippen molar-refractivity contribution in [3.63, 3.8) is 0 Å². The fourth-order valence-electron chi connectivity index (χ4n) is 3.40. The second-order valence-corrected chi connectivity index (χ2v) is 6.42. The third kappa shape index (κ3) is 2.62. The Morgan fingerprint density at radius 2 is 1.65 bits per heavy atom. The summed E-state index contributed by atoms with van der Waals surface area (Å²) in [5.74, 6) is 0. The summed E-state index contributed by atoms with van der Waals surface area (Å²) in [6.07, 6.45) is 1.92. The van der Waals surface area contributed by atoms with E-state index in [1.165, 1.54) is 5.69 Å². The quantitative estimate of drug-likeness (QED) is 0.595. The van der Waals surface area contributed by atoms with E-state index < -0.39 is 0 Å². The number of aromatic amines is 1. The maximum Gasteiger partial charge on any atom is 0.134 e. The number of fused-ring (bicyclic) bond motifs is 1. The molecular weight excluding hydrogens is 326 g/mol. The smallest absolute Gasteiger partial charge is 0.134 e. The molecule has 2 N–H and O–H groups in total. The maximum absolute atomic E-state index is 4.39. The van der Waals surface area contributed by atoms with Crippen LogP contribution in [0.15, 0.2) is 54.7 Å². The van der Waals surface area contributed by atoms with Crippen molar-refractivity contribution in [1.29, 1.82) is 0 Å². The van der Waals surface area contributed by atoms with Crippen LogP contribution in [0.1, 0.15) is 0 Å². The van der Waals surface area contributed by atoms with Gasteiger partial charge in [-0.15, -0.1) is 5.10 Å². The number of benzene rings is 2. The van der Waals surface area contributed by atoms with Crippen LogP contribution >= 0.6 is 0 Å². The molecule has 0 radical (unpaired) electrons. The Kier molecular flexibility index (Phi) is 3.64. The van der Waals surface area contributed by atoms with Crippen molar-refractivity contribution in [3.05, 3.63) is 54.7 Å². The van der Waals surface area contributed by atoms with Gasteiger partial charge in [-0.3, -0.25) is 5.10 Å². The number of H-pyrrole nitrogens is 1. The zero-order valence-electron chi connectivity index (χ0n) is 14.3. The molecule has 26 heavy (non-hydrogen) atoms. The van der Waals surface area contributed by atoms with Crippen molar-refractivity contribution in [1.82, 2.24) is 30.5 Å². The first-order valence-electron chi connectivity index (χ1n) is 8.80. The fourth-order valence-corrected chi connectivity index (χ4v) is 3.40. The first-order chi connectivity index (χ1) is 12.9. The van der Waals surface area contributed by atoms with Gasteiger partial charge in [0.15, 0.2) is 0 Å². The van der Waals surface area contributed by atoms with Crippen LogP contribution in [0.2, 0.25) is 0 Å². The van der Waals surface area contributed by atoms with Gasteiger partial charge in [-0.1, -0.05) is 23.4 Å². The van der Waals surface area contributed by atoms with Gasteiger partial charge in [0.25, 0.3) is 0 Å².